The van der Waals surface area contributed by atoms with Crippen molar-refractivity contribution in [2.24, 2.45) is 0 Å². The molecule has 0 fully saturated rings. The van der Waals surface area contributed by atoms with Gasteiger partial charge in [0.15, 0.2) is 0 Å². The van der Waals surface area contributed by atoms with Crippen LogP contribution in [0.25, 0.3) is 0 Å². The van der Waals surface area contributed by atoms with Gasteiger partial charge in [-0.25, -0.2) is 8.42 Å². The lowest BCUT2D eigenvalue weighted by Crippen LogP contribution is -2.41. The normalized spacial score (nSPS) is 13.0. The third-order valence-electron chi connectivity index (χ3n) is 4.12. The smallest absolute Gasteiger partial charge is 0.354 e. The van der Waals surface area contributed by atoms with E-state index >= 15 is 0 Å². The molecule has 28 heavy (non-hydrogen) atoms. The second kappa shape index (κ2) is 8.64. The predicted octanol–water partition coefficient (Wildman–Crippen LogP) is 3.39. The van der Waals surface area contributed by atoms with Crippen molar-refractivity contribution < 1.29 is 26.4 Å². The van der Waals surface area contributed by atoms with E-state index < -0.39 is 34.2 Å². The van der Waals surface area contributed by atoms with Gasteiger partial charge in [0, 0.05) is 6.54 Å². The van der Waals surface area contributed by atoms with Gasteiger partial charge in [-0.15, -0.1) is 0 Å². The first kappa shape index (κ1) is 21.7. The number of benzene rings is 2. The number of anilines is 1. The highest BCUT2D eigenvalue weighted by Crippen LogP contribution is 2.32. The summed E-state index contributed by atoms with van der Waals surface area (Å²) in [6.45, 7) is 1.56. The number of alkyl halides is 3. The Kier molecular flexibility index (Phi) is 6.71. The Balaban J connectivity index is 2.12. The Morgan fingerprint density at radius 2 is 1.75 bits per heavy atom. The van der Waals surface area contributed by atoms with Crippen molar-refractivity contribution in [2.75, 3.05) is 23.7 Å². The van der Waals surface area contributed by atoms with Crippen LogP contribution in [0.4, 0.5) is 18.9 Å². The number of carbonyl (C=O) groups is 1. The molecule has 9 heteroatoms. The Bertz CT molecular complexity index is 916. The summed E-state index contributed by atoms with van der Waals surface area (Å²) in [7, 11) is -3.96. The number of carbonyl (C=O) groups excluding carboxylic acids is 1. The largest absolute Gasteiger partial charge is 0.416 e. The van der Waals surface area contributed by atoms with Crippen molar-refractivity contribution in [2.45, 2.75) is 19.0 Å². The maximum Gasteiger partial charge on any atom is 0.416 e. The molecule has 1 atom stereocenters. The number of halogens is 3. The minimum absolute atomic E-state index is 0.00890. The Morgan fingerprint density at radius 3 is 2.32 bits per heavy atom. The quantitative estimate of drug-likeness (QED) is 0.755. The molecule has 0 saturated heterocycles. The summed E-state index contributed by atoms with van der Waals surface area (Å²) in [6, 6.07) is 13.3. The van der Waals surface area contributed by atoms with E-state index in [1.165, 1.54) is 6.07 Å². The van der Waals surface area contributed by atoms with Gasteiger partial charge in [0.1, 0.15) is 6.54 Å². The number of hydrogen-bond donors (Lipinski definition) is 1. The summed E-state index contributed by atoms with van der Waals surface area (Å²) in [5.41, 5.74) is -0.207. The van der Waals surface area contributed by atoms with Crippen LogP contribution < -0.4 is 9.62 Å². The van der Waals surface area contributed by atoms with E-state index in [1.807, 2.05) is 37.3 Å². The van der Waals surface area contributed by atoms with Gasteiger partial charge in [0.25, 0.3) is 0 Å². The second-order valence-electron chi connectivity index (χ2n) is 6.43. The molecule has 0 aliphatic rings. The van der Waals surface area contributed by atoms with Crippen molar-refractivity contribution in [3.8, 4) is 0 Å². The molecule has 1 N–H and O–H groups in total. The highest BCUT2D eigenvalue weighted by Gasteiger charge is 2.32. The molecule has 0 heterocycles. The van der Waals surface area contributed by atoms with Gasteiger partial charge in [-0.1, -0.05) is 43.3 Å². The minimum Gasteiger partial charge on any atom is -0.354 e. The van der Waals surface area contributed by atoms with Gasteiger partial charge in [0.05, 0.1) is 17.5 Å². The Hall–Kier alpha value is -2.55. The molecular formula is C19H21F3N2O3S. The van der Waals surface area contributed by atoms with Crippen LogP contribution in [0.5, 0.6) is 0 Å². The number of hydrogen-bond acceptors (Lipinski definition) is 3. The second-order valence-corrected chi connectivity index (χ2v) is 8.34. The summed E-state index contributed by atoms with van der Waals surface area (Å²) in [6.07, 6.45) is -3.78. The molecule has 0 bridgehead atoms. The fourth-order valence-electron chi connectivity index (χ4n) is 2.59. The number of nitrogens with zero attached hydrogens (tertiary/aromatic N) is 1. The van der Waals surface area contributed by atoms with E-state index in [0.717, 1.165) is 24.0 Å². The molecule has 0 aliphatic carbocycles. The highest BCUT2D eigenvalue weighted by atomic mass is 32.2. The minimum atomic E-state index is -4.62. The number of rotatable bonds is 7. The lowest BCUT2D eigenvalue weighted by molar-refractivity contribution is -0.137. The maximum atomic E-state index is 12.9. The van der Waals surface area contributed by atoms with Crippen molar-refractivity contribution in [1.82, 2.24) is 5.32 Å². The maximum absolute atomic E-state index is 12.9. The third-order valence-corrected chi connectivity index (χ3v) is 5.26. The van der Waals surface area contributed by atoms with Crippen LogP contribution in [0.3, 0.4) is 0 Å². The Morgan fingerprint density at radius 1 is 1.11 bits per heavy atom. The molecule has 0 aliphatic heterocycles. The van der Waals surface area contributed by atoms with Gasteiger partial charge in [-0.3, -0.25) is 9.10 Å². The van der Waals surface area contributed by atoms with Crippen LogP contribution in [0.2, 0.25) is 0 Å². The Labute approximate surface area is 162 Å². The topological polar surface area (TPSA) is 66.5 Å². The van der Waals surface area contributed by atoms with Crippen molar-refractivity contribution in [3.05, 3.63) is 65.7 Å². The zero-order valence-electron chi connectivity index (χ0n) is 15.4. The lowest BCUT2D eigenvalue weighted by atomic mass is 10.0. The molecule has 0 aromatic heterocycles. The lowest BCUT2D eigenvalue weighted by Gasteiger charge is -2.23. The van der Waals surface area contributed by atoms with Crippen LogP contribution in [0, 0.1) is 0 Å². The van der Waals surface area contributed by atoms with Crippen LogP contribution in [0.15, 0.2) is 54.6 Å². The van der Waals surface area contributed by atoms with E-state index in [2.05, 4.69) is 5.32 Å². The SMILES string of the molecule is CC(CNC(=O)CN(c1cccc(C(F)(F)F)c1)S(C)(=O)=O)c1ccccc1. The van der Waals surface area contributed by atoms with Gasteiger partial charge in [0.2, 0.25) is 15.9 Å². The highest BCUT2D eigenvalue weighted by molar-refractivity contribution is 7.92. The predicted molar refractivity (Wildman–Crippen MR) is 102 cm³/mol. The van der Waals surface area contributed by atoms with E-state index in [1.54, 1.807) is 0 Å². The molecule has 1 unspecified atom stereocenters. The fraction of sp³-hybridized carbons (Fsp3) is 0.316. The molecule has 0 spiro atoms. The zero-order valence-corrected chi connectivity index (χ0v) is 16.2. The molecule has 2 rings (SSSR count). The van der Waals surface area contributed by atoms with Crippen LogP contribution in [-0.4, -0.2) is 33.7 Å². The van der Waals surface area contributed by atoms with E-state index in [-0.39, 0.29) is 18.2 Å². The van der Waals surface area contributed by atoms with Crippen molar-refractivity contribution in [1.29, 1.82) is 0 Å². The van der Waals surface area contributed by atoms with Crippen LogP contribution in [-0.2, 0) is 21.0 Å². The van der Waals surface area contributed by atoms with Gasteiger partial charge >= 0.3 is 6.18 Å². The summed E-state index contributed by atoms with van der Waals surface area (Å²) in [5.74, 6) is -0.615. The van der Waals surface area contributed by atoms with E-state index in [9.17, 15) is 26.4 Å². The van der Waals surface area contributed by atoms with E-state index in [0.29, 0.717) is 10.4 Å². The van der Waals surface area contributed by atoms with Gasteiger partial charge in [-0.05, 0) is 29.7 Å². The van der Waals surface area contributed by atoms with Crippen molar-refractivity contribution in [3.63, 3.8) is 0 Å². The molecule has 0 radical (unpaired) electrons. The summed E-state index contributed by atoms with van der Waals surface area (Å²) < 4.78 is 63.5. The summed E-state index contributed by atoms with van der Waals surface area (Å²) in [5, 5.41) is 2.63. The summed E-state index contributed by atoms with van der Waals surface area (Å²) >= 11 is 0. The van der Waals surface area contributed by atoms with E-state index in [4.69, 9.17) is 0 Å². The molecule has 0 saturated carbocycles. The van der Waals surface area contributed by atoms with Gasteiger partial charge in [-0.2, -0.15) is 13.2 Å². The average Bonchev–Trinajstić information content (AvgIpc) is 2.63. The number of amides is 1. The average molecular weight is 414 g/mol. The fourth-order valence-corrected chi connectivity index (χ4v) is 3.44. The molecule has 152 valence electrons. The number of nitrogens with one attached hydrogen (secondary N) is 1. The standard InChI is InChI=1S/C19H21F3N2O3S/c1-14(15-7-4-3-5-8-15)12-23-18(25)13-24(28(2,26)27)17-10-6-9-16(11-17)19(20,21)22/h3-11,14H,12-13H2,1-2H3,(H,23,25). The van der Waals surface area contributed by atoms with Gasteiger partial charge < -0.3 is 5.32 Å². The summed E-state index contributed by atoms with van der Waals surface area (Å²) in [4.78, 5) is 12.3. The molecule has 5 nitrogen and oxygen atoms in total. The van der Waals surface area contributed by atoms with Crippen molar-refractivity contribution >= 4 is 21.6 Å². The third kappa shape index (κ3) is 5.98. The number of sulfonamides is 1. The first-order valence-corrected chi connectivity index (χ1v) is 10.3. The molecule has 2 aromatic carbocycles. The van der Waals surface area contributed by atoms with Crippen LogP contribution in [0.1, 0.15) is 24.0 Å². The molecule has 1 amide bonds. The molecule has 2 aromatic rings. The first-order chi connectivity index (χ1) is 13.0. The molecular weight excluding hydrogens is 393 g/mol. The monoisotopic (exact) mass is 414 g/mol. The van der Waals surface area contributed by atoms with Crippen LogP contribution >= 0.6 is 0 Å². The first-order valence-electron chi connectivity index (χ1n) is 8.45. The zero-order chi connectivity index (χ0) is 20.9.